The fraction of sp³-hybridized carbons (Fsp3) is 0.529. The van der Waals surface area contributed by atoms with Crippen LogP contribution in [-0.2, 0) is 9.59 Å². The molecule has 1 aromatic heterocycles. The zero-order valence-corrected chi connectivity index (χ0v) is 14.6. The number of rotatable bonds is 4. The number of amides is 4. The first-order valence-corrected chi connectivity index (χ1v) is 9.00. The summed E-state index contributed by atoms with van der Waals surface area (Å²) >= 11 is 1.31. The van der Waals surface area contributed by atoms with E-state index >= 15 is 0 Å². The Hall–Kier alpha value is -2.02. The minimum atomic E-state index is -0.889. The monoisotopic (exact) mass is 348 g/mol. The molecule has 0 bridgehead atoms. The van der Waals surface area contributed by atoms with Crippen LogP contribution in [0.15, 0.2) is 12.1 Å². The van der Waals surface area contributed by atoms with Crippen molar-refractivity contribution in [2.45, 2.75) is 45.6 Å². The van der Waals surface area contributed by atoms with Gasteiger partial charge >= 0.3 is 17.8 Å². The summed E-state index contributed by atoms with van der Waals surface area (Å²) in [6, 6.07) is 2.60. The third-order valence-electron chi connectivity index (χ3n) is 4.80. The normalized spacial score (nSPS) is 24.8. The van der Waals surface area contributed by atoms with Crippen LogP contribution in [0.4, 0.5) is 4.79 Å². The van der Waals surface area contributed by atoms with Gasteiger partial charge in [0.15, 0.2) is 5.78 Å². The van der Waals surface area contributed by atoms with Crippen LogP contribution in [0, 0.1) is 12.8 Å². The van der Waals surface area contributed by atoms with E-state index in [1.165, 1.54) is 11.3 Å². The average molecular weight is 348 g/mol. The van der Waals surface area contributed by atoms with E-state index in [9.17, 15) is 19.2 Å². The van der Waals surface area contributed by atoms with Crippen LogP contribution in [0.25, 0.3) is 0 Å². The van der Waals surface area contributed by atoms with E-state index in [2.05, 4.69) is 0 Å². The molecular formula is C17H20N2O4S. The highest BCUT2D eigenvalue weighted by atomic mass is 32.1. The van der Waals surface area contributed by atoms with E-state index in [0.29, 0.717) is 4.88 Å². The second-order valence-electron chi connectivity index (χ2n) is 6.51. The zero-order chi connectivity index (χ0) is 17.4. The van der Waals surface area contributed by atoms with E-state index in [1.807, 2.05) is 19.9 Å². The first kappa shape index (κ1) is 16.8. The highest BCUT2D eigenvalue weighted by Gasteiger charge is 2.49. The topological polar surface area (TPSA) is 74.8 Å². The lowest BCUT2D eigenvalue weighted by atomic mass is 9.85. The Morgan fingerprint density at radius 2 is 1.88 bits per heavy atom. The summed E-state index contributed by atoms with van der Waals surface area (Å²) in [6.45, 7) is 3.50. The van der Waals surface area contributed by atoms with E-state index < -0.39 is 17.8 Å². The van der Waals surface area contributed by atoms with Gasteiger partial charge in [-0.1, -0.05) is 19.8 Å². The van der Waals surface area contributed by atoms with E-state index in [0.717, 1.165) is 40.4 Å². The van der Waals surface area contributed by atoms with Crippen molar-refractivity contribution in [1.29, 1.82) is 0 Å². The van der Waals surface area contributed by atoms with Gasteiger partial charge in [0.25, 0.3) is 0 Å². The maximum atomic E-state index is 12.6. The fourth-order valence-corrected chi connectivity index (χ4v) is 4.24. The maximum Gasteiger partial charge on any atom is 0.334 e. The number of urea groups is 1. The summed E-state index contributed by atoms with van der Waals surface area (Å²) < 4.78 is 0. The number of aryl methyl sites for hydroxylation is 1. The Kier molecular flexibility index (Phi) is 4.54. The quantitative estimate of drug-likeness (QED) is 0.476. The Labute approximate surface area is 144 Å². The molecule has 128 valence electrons. The average Bonchev–Trinajstić information content (AvgIpc) is 3.07. The van der Waals surface area contributed by atoms with Crippen LogP contribution in [-0.4, -0.2) is 46.0 Å². The second kappa shape index (κ2) is 6.47. The lowest BCUT2D eigenvalue weighted by Gasteiger charge is -2.34. The first-order valence-electron chi connectivity index (χ1n) is 8.19. The van der Waals surface area contributed by atoms with Crippen molar-refractivity contribution >= 4 is 35.0 Å². The molecular weight excluding hydrogens is 328 g/mol. The van der Waals surface area contributed by atoms with Gasteiger partial charge in [0.2, 0.25) is 0 Å². The van der Waals surface area contributed by atoms with Crippen molar-refractivity contribution in [2.24, 2.45) is 5.92 Å². The molecule has 0 N–H and O–H groups in total. The molecule has 4 amide bonds. The summed E-state index contributed by atoms with van der Waals surface area (Å²) in [5.74, 6) is -1.83. The van der Waals surface area contributed by atoms with Crippen molar-refractivity contribution in [1.82, 2.24) is 9.80 Å². The largest absolute Gasteiger partial charge is 0.334 e. The molecule has 6 nitrogen and oxygen atoms in total. The Morgan fingerprint density at radius 1 is 1.17 bits per heavy atom. The maximum absolute atomic E-state index is 12.6. The van der Waals surface area contributed by atoms with Gasteiger partial charge in [-0.3, -0.25) is 19.3 Å². The number of Topliss-reactive ketones (excluding diaryl/α,β-unsaturated/α-hetero) is 1. The Morgan fingerprint density at radius 3 is 2.50 bits per heavy atom. The zero-order valence-electron chi connectivity index (χ0n) is 13.8. The Bertz CT molecular complexity index is 711. The van der Waals surface area contributed by atoms with Crippen molar-refractivity contribution in [3.8, 4) is 0 Å². The number of hydrogen-bond donors (Lipinski definition) is 0. The van der Waals surface area contributed by atoms with Crippen LogP contribution >= 0.6 is 11.3 Å². The molecule has 0 aromatic carbocycles. The number of thiophene rings is 1. The molecule has 2 fully saturated rings. The van der Waals surface area contributed by atoms with Gasteiger partial charge in [0.1, 0.15) is 0 Å². The van der Waals surface area contributed by atoms with Crippen molar-refractivity contribution < 1.29 is 19.2 Å². The molecule has 0 unspecified atom stereocenters. The number of imide groups is 2. The van der Waals surface area contributed by atoms with E-state index in [4.69, 9.17) is 0 Å². The molecule has 0 radical (unpaired) electrons. The van der Waals surface area contributed by atoms with Crippen LogP contribution in [0.3, 0.4) is 0 Å². The minimum absolute atomic E-state index is 0.176. The molecule has 7 heteroatoms. The van der Waals surface area contributed by atoms with Gasteiger partial charge in [-0.25, -0.2) is 9.69 Å². The van der Waals surface area contributed by atoms with Gasteiger partial charge in [0.05, 0.1) is 11.4 Å². The summed E-state index contributed by atoms with van der Waals surface area (Å²) in [4.78, 5) is 52.8. The van der Waals surface area contributed by atoms with Gasteiger partial charge in [-0.05, 0) is 37.8 Å². The van der Waals surface area contributed by atoms with Gasteiger partial charge in [-0.2, -0.15) is 0 Å². The summed E-state index contributed by atoms with van der Waals surface area (Å²) in [5.41, 5.74) is 0. The molecule has 1 aliphatic carbocycles. The van der Waals surface area contributed by atoms with Gasteiger partial charge in [-0.15, -0.1) is 11.3 Å². The number of nitrogens with zero attached hydrogens (tertiary/aromatic N) is 2. The molecule has 0 spiro atoms. The predicted octanol–water partition coefficient (Wildman–Crippen LogP) is 2.61. The van der Waals surface area contributed by atoms with Gasteiger partial charge < -0.3 is 0 Å². The number of hydrogen-bond acceptors (Lipinski definition) is 5. The predicted molar refractivity (Wildman–Crippen MR) is 88.8 cm³/mol. The lowest BCUT2D eigenvalue weighted by Crippen LogP contribution is -2.46. The molecule has 2 aliphatic rings. The molecule has 2 atom stereocenters. The molecule has 1 aliphatic heterocycles. The SMILES string of the molecule is Cc1ccc(C(=O)CN2C(=O)C(=O)N([C@@H]3CCCC[C@H]3C)C2=O)s1. The first-order chi connectivity index (χ1) is 11.4. The molecule has 1 saturated carbocycles. The molecule has 3 rings (SSSR count). The number of carbonyl (C=O) groups is 4. The van der Waals surface area contributed by atoms with Crippen LogP contribution < -0.4 is 0 Å². The Balaban J connectivity index is 1.77. The van der Waals surface area contributed by atoms with Crippen molar-refractivity contribution in [2.75, 3.05) is 6.54 Å². The third kappa shape index (κ3) is 2.88. The van der Waals surface area contributed by atoms with E-state index in [1.54, 1.807) is 6.07 Å². The van der Waals surface area contributed by atoms with E-state index in [-0.39, 0.29) is 24.3 Å². The lowest BCUT2D eigenvalue weighted by molar-refractivity contribution is -0.144. The van der Waals surface area contributed by atoms with Crippen molar-refractivity contribution in [3.63, 3.8) is 0 Å². The number of carbonyl (C=O) groups excluding carboxylic acids is 4. The molecule has 24 heavy (non-hydrogen) atoms. The summed E-state index contributed by atoms with van der Waals surface area (Å²) in [5, 5.41) is 0. The van der Waals surface area contributed by atoms with Crippen LogP contribution in [0.1, 0.15) is 47.2 Å². The number of ketones is 1. The highest BCUT2D eigenvalue weighted by molar-refractivity contribution is 7.14. The standard InChI is InChI=1S/C17H20N2O4S/c1-10-5-3-4-6-12(10)19-16(22)15(21)18(17(19)23)9-13(20)14-8-7-11(2)24-14/h7-8,10,12H,3-6,9H2,1-2H3/t10-,12-/m1/s1. The summed E-state index contributed by atoms with van der Waals surface area (Å²) in [7, 11) is 0. The molecule has 2 heterocycles. The van der Waals surface area contributed by atoms with Crippen LogP contribution in [0.5, 0.6) is 0 Å². The summed E-state index contributed by atoms with van der Waals surface area (Å²) in [6.07, 6.45) is 3.66. The van der Waals surface area contributed by atoms with Gasteiger partial charge in [0, 0.05) is 10.9 Å². The third-order valence-corrected chi connectivity index (χ3v) is 5.84. The highest BCUT2D eigenvalue weighted by Crippen LogP contribution is 2.31. The molecule has 1 aromatic rings. The smallest absolute Gasteiger partial charge is 0.291 e. The fourth-order valence-electron chi connectivity index (χ4n) is 3.44. The minimum Gasteiger partial charge on any atom is -0.291 e. The molecule has 1 saturated heterocycles. The van der Waals surface area contributed by atoms with Crippen molar-refractivity contribution in [3.05, 3.63) is 21.9 Å². The van der Waals surface area contributed by atoms with Crippen LogP contribution in [0.2, 0.25) is 0 Å². The second-order valence-corrected chi connectivity index (χ2v) is 7.80.